The summed E-state index contributed by atoms with van der Waals surface area (Å²) in [5.41, 5.74) is 0. The van der Waals surface area contributed by atoms with Crippen molar-refractivity contribution in [2.24, 2.45) is 5.92 Å². The Hall–Kier alpha value is -0.610. The Morgan fingerprint density at radius 2 is 1.94 bits per heavy atom. The van der Waals surface area contributed by atoms with E-state index in [0.29, 0.717) is 13.0 Å². The summed E-state index contributed by atoms with van der Waals surface area (Å²) >= 11 is 0. The fraction of sp³-hybridized carbons (Fsp3) is 0.929. The maximum atomic E-state index is 11.1. The van der Waals surface area contributed by atoms with Crippen LogP contribution in [0.25, 0.3) is 0 Å². The van der Waals surface area contributed by atoms with Crippen molar-refractivity contribution in [3.63, 3.8) is 0 Å². The molecule has 0 heterocycles. The molecule has 18 heavy (non-hydrogen) atoms. The zero-order valence-corrected chi connectivity index (χ0v) is 12.0. The Morgan fingerprint density at radius 1 is 1.33 bits per heavy atom. The molecule has 0 aromatic heterocycles. The van der Waals surface area contributed by atoms with Gasteiger partial charge in [0.1, 0.15) is 6.04 Å². The Kier molecular flexibility index (Phi) is 6.65. The quantitative estimate of drug-likeness (QED) is 0.627. The highest BCUT2D eigenvalue weighted by molar-refractivity contribution is 5.73. The first-order chi connectivity index (χ1) is 8.54. The summed E-state index contributed by atoms with van der Waals surface area (Å²) in [4.78, 5) is 13.6. The molecule has 1 aliphatic rings. The second-order valence-corrected chi connectivity index (χ2v) is 5.69. The van der Waals surface area contributed by atoms with Gasteiger partial charge in [-0.15, -0.1) is 0 Å². The van der Waals surface area contributed by atoms with E-state index in [1.807, 2.05) is 6.92 Å². The largest absolute Gasteiger partial charge is 0.480 e. The molecule has 1 aliphatic carbocycles. The van der Waals surface area contributed by atoms with E-state index in [1.165, 1.54) is 19.3 Å². The van der Waals surface area contributed by atoms with Crippen LogP contribution in [0.5, 0.6) is 0 Å². The highest BCUT2D eigenvalue weighted by atomic mass is 16.4. The molecule has 0 aromatic carbocycles. The number of likely N-dealkylation sites (N-methyl/N-ethyl adjacent to an activating group) is 1. The van der Waals surface area contributed by atoms with E-state index >= 15 is 0 Å². The average molecular weight is 256 g/mol. The summed E-state index contributed by atoms with van der Waals surface area (Å²) in [5, 5.41) is 12.1. The van der Waals surface area contributed by atoms with Crippen LogP contribution in [0.2, 0.25) is 0 Å². The van der Waals surface area contributed by atoms with Gasteiger partial charge in [0.05, 0.1) is 0 Å². The summed E-state index contributed by atoms with van der Waals surface area (Å²) in [6, 6.07) is 0.329. The van der Waals surface area contributed by atoms with Crippen molar-refractivity contribution in [3.05, 3.63) is 0 Å². The van der Waals surface area contributed by atoms with Gasteiger partial charge in [-0.25, -0.2) is 0 Å². The highest BCUT2D eigenvalue weighted by Gasteiger charge is 2.29. The molecule has 106 valence electrons. The third kappa shape index (κ3) is 5.83. The van der Waals surface area contributed by atoms with Gasteiger partial charge in [0.2, 0.25) is 0 Å². The number of nitrogens with one attached hydrogen (secondary N) is 1. The van der Waals surface area contributed by atoms with Crippen molar-refractivity contribution in [2.45, 2.75) is 58.5 Å². The molecule has 0 radical (unpaired) electrons. The van der Waals surface area contributed by atoms with Gasteiger partial charge in [-0.05, 0) is 44.7 Å². The number of hydrogen-bond donors (Lipinski definition) is 2. The van der Waals surface area contributed by atoms with Crippen LogP contribution in [-0.4, -0.2) is 47.7 Å². The van der Waals surface area contributed by atoms with E-state index in [-0.39, 0.29) is 0 Å². The van der Waals surface area contributed by atoms with Gasteiger partial charge >= 0.3 is 5.97 Å². The maximum Gasteiger partial charge on any atom is 0.320 e. The van der Waals surface area contributed by atoms with Crippen molar-refractivity contribution in [3.8, 4) is 0 Å². The summed E-state index contributed by atoms with van der Waals surface area (Å²) in [5.74, 6) is -0.00764. The molecule has 1 rings (SSSR count). The number of carboxylic acids is 1. The lowest BCUT2D eigenvalue weighted by Crippen LogP contribution is -2.40. The smallest absolute Gasteiger partial charge is 0.320 e. The zero-order valence-electron chi connectivity index (χ0n) is 12.0. The second kappa shape index (κ2) is 7.74. The van der Waals surface area contributed by atoms with Gasteiger partial charge in [-0.3, -0.25) is 4.79 Å². The molecule has 2 N–H and O–H groups in total. The lowest BCUT2D eigenvalue weighted by molar-refractivity contribution is -0.139. The minimum Gasteiger partial charge on any atom is -0.480 e. The molecule has 0 aromatic rings. The van der Waals surface area contributed by atoms with Crippen molar-refractivity contribution >= 4 is 5.97 Å². The van der Waals surface area contributed by atoms with Crippen molar-refractivity contribution in [1.29, 1.82) is 0 Å². The summed E-state index contributed by atoms with van der Waals surface area (Å²) in [6.45, 7) is 9.16. The van der Waals surface area contributed by atoms with Crippen molar-refractivity contribution in [2.75, 3.05) is 19.6 Å². The molecule has 0 aliphatic heterocycles. The van der Waals surface area contributed by atoms with Crippen LogP contribution in [0.3, 0.4) is 0 Å². The van der Waals surface area contributed by atoms with Gasteiger partial charge in [0.15, 0.2) is 0 Å². The third-order valence-electron chi connectivity index (χ3n) is 3.51. The van der Waals surface area contributed by atoms with E-state index in [2.05, 4.69) is 24.1 Å². The number of aliphatic carboxylic acids is 1. The van der Waals surface area contributed by atoms with Crippen molar-refractivity contribution in [1.82, 2.24) is 10.2 Å². The molecule has 1 fully saturated rings. The van der Waals surface area contributed by atoms with Gasteiger partial charge in [-0.1, -0.05) is 20.8 Å². The number of carbonyl (C=O) groups is 1. The fourth-order valence-electron chi connectivity index (χ4n) is 2.19. The molecular formula is C14H28N2O2. The van der Waals surface area contributed by atoms with E-state index in [9.17, 15) is 4.79 Å². The molecule has 4 heteroatoms. The molecule has 4 nitrogen and oxygen atoms in total. The summed E-state index contributed by atoms with van der Waals surface area (Å²) in [7, 11) is 0. The SMILES string of the molecule is CCNC(CCN(CCC(C)C)C1CC1)C(=O)O. The summed E-state index contributed by atoms with van der Waals surface area (Å²) < 4.78 is 0. The Balaban J connectivity index is 2.33. The Bertz CT molecular complexity index is 252. The Labute approximate surface area is 111 Å². The zero-order chi connectivity index (χ0) is 13.5. The molecule has 0 amide bonds. The molecule has 0 saturated heterocycles. The van der Waals surface area contributed by atoms with Crippen molar-refractivity contribution < 1.29 is 9.90 Å². The lowest BCUT2D eigenvalue weighted by atomic mass is 10.1. The molecule has 1 unspecified atom stereocenters. The number of nitrogens with zero attached hydrogens (tertiary/aromatic N) is 1. The molecular weight excluding hydrogens is 228 g/mol. The van der Waals surface area contributed by atoms with E-state index in [0.717, 1.165) is 25.0 Å². The second-order valence-electron chi connectivity index (χ2n) is 5.69. The first-order valence-electron chi connectivity index (χ1n) is 7.24. The number of rotatable bonds is 10. The van der Waals surface area contributed by atoms with Crippen LogP contribution in [0.4, 0.5) is 0 Å². The first-order valence-corrected chi connectivity index (χ1v) is 7.24. The maximum absolute atomic E-state index is 11.1. The van der Waals surface area contributed by atoms with Crippen LogP contribution >= 0.6 is 0 Å². The lowest BCUT2D eigenvalue weighted by Gasteiger charge is -2.24. The molecule has 0 bridgehead atoms. The van der Waals surface area contributed by atoms with Crippen LogP contribution < -0.4 is 5.32 Å². The number of carboxylic acid groups (broad SMARTS) is 1. The topological polar surface area (TPSA) is 52.6 Å². The van der Waals surface area contributed by atoms with E-state index in [1.54, 1.807) is 0 Å². The van der Waals surface area contributed by atoms with Crippen LogP contribution in [0.1, 0.15) is 46.5 Å². The van der Waals surface area contributed by atoms with Gasteiger partial charge in [-0.2, -0.15) is 0 Å². The predicted octanol–water partition coefficient (Wildman–Crippen LogP) is 1.95. The predicted molar refractivity (Wildman–Crippen MR) is 73.8 cm³/mol. The van der Waals surface area contributed by atoms with Crippen LogP contribution in [-0.2, 0) is 4.79 Å². The molecule has 1 atom stereocenters. The minimum absolute atomic E-state index is 0.393. The number of hydrogen-bond acceptors (Lipinski definition) is 3. The van der Waals surface area contributed by atoms with E-state index in [4.69, 9.17) is 5.11 Å². The highest BCUT2D eigenvalue weighted by Crippen LogP contribution is 2.27. The Morgan fingerprint density at radius 3 is 2.39 bits per heavy atom. The van der Waals surface area contributed by atoms with Gasteiger partial charge < -0.3 is 15.3 Å². The monoisotopic (exact) mass is 256 g/mol. The third-order valence-corrected chi connectivity index (χ3v) is 3.51. The minimum atomic E-state index is -0.726. The summed E-state index contributed by atoms with van der Waals surface area (Å²) in [6.07, 6.45) is 4.49. The first kappa shape index (κ1) is 15.4. The normalized spacial score (nSPS) is 17.4. The molecule has 1 saturated carbocycles. The standard InChI is InChI=1S/C14H28N2O2/c1-4-15-13(14(17)18)8-10-16(12-5-6-12)9-7-11(2)3/h11-13,15H,4-10H2,1-3H3,(H,17,18). The van der Waals surface area contributed by atoms with Crippen LogP contribution in [0, 0.1) is 5.92 Å². The molecule has 0 spiro atoms. The van der Waals surface area contributed by atoms with E-state index < -0.39 is 12.0 Å². The fourth-order valence-corrected chi connectivity index (χ4v) is 2.19. The van der Waals surface area contributed by atoms with Gasteiger partial charge in [0, 0.05) is 12.6 Å². The van der Waals surface area contributed by atoms with Gasteiger partial charge in [0.25, 0.3) is 0 Å². The van der Waals surface area contributed by atoms with Crippen LogP contribution in [0.15, 0.2) is 0 Å². The average Bonchev–Trinajstić information content (AvgIpc) is 3.10.